The Balaban J connectivity index is 1.52. The highest BCUT2D eigenvalue weighted by molar-refractivity contribution is 6.37. The maximum Gasteiger partial charge on any atom is 0.335 e. The number of para-hydroxylation sites is 1. The van der Waals surface area contributed by atoms with Crippen LogP contribution in [0.4, 0.5) is 5.69 Å². The van der Waals surface area contributed by atoms with Gasteiger partial charge in [0, 0.05) is 0 Å². The van der Waals surface area contributed by atoms with Crippen molar-refractivity contribution in [3.8, 4) is 5.75 Å². The zero-order valence-electron chi connectivity index (χ0n) is 16.9. The smallest absolute Gasteiger partial charge is 0.335 e. The SMILES string of the molecule is O=C1NN(c2ccccc2)C(=O)C1=Cc1cc(Cl)c(OCc2ccc(C(=O)O)cc2)c(Cl)c1. The van der Waals surface area contributed by atoms with Gasteiger partial charge in [-0.25, -0.2) is 9.80 Å². The zero-order chi connectivity index (χ0) is 23.5. The summed E-state index contributed by atoms with van der Waals surface area (Å²) in [5.74, 6) is -1.82. The number of halogens is 2. The molecule has 33 heavy (non-hydrogen) atoms. The maximum atomic E-state index is 12.7. The van der Waals surface area contributed by atoms with Gasteiger partial charge in [-0.15, -0.1) is 0 Å². The van der Waals surface area contributed by atoms with Gasteiger partial charge in [-0.2, -0.15) is 0 Å². The summed E-state index contributed by atoms with van der Waals surface area (Å²) in [6, 6.07) is 18.0. The number of benzene rings is 3. The Hall–Kier alpha value is -3.81. The fourth-order valence-electron chi connectivity index (χ4n) is 3.18. The molecule has 7 nitrogen and oxygen atoms in total. The molecule has 0 atom stereocenters. The summed E-state index contributed by atoms with van der Waals surface area (Å²) in [6.45, 7) is 0.118. The molecule has 166 valence electrons. The molecular formula is C24H16Cl2N2O5. The van der Waals surface area contributed by atoms with E-state index in [1.807, 2.05) is 0 Å². The van der Waals surface area contributed by atoms with Gasteiger partial charge in [0.1, 0.15) is 12.2 Å². The standard InChI is InChI=1S/C24H16Cl2N2O5/c25-19-11-15(10-18-22(29)27-28(23(18)30)17-4-2-1-3-5-17)12-20(26)21(19)33-13-14-6-8-16(9-7-14)24(31)32/h1-12H,13H2,(H,27,29)(H,31,32). The number of ether oxygens (including phenoxy) is 1. The molecule has 1 aliphatic rings. The first-order valence-corrected chi connectivity index (χ1v) is 10.5. The molecule has 3 aromatic carbocycles. The fraction of sp³-hybridized carbons (Fsp3) is 0.0417. The minimum absolute atomic E-state index is 0.0572. The van der Waals surface area contributed by atoms with Crippen LogP contribution >= 0.6 is 23.2 Å². The first kappa shape index (κ1) is 22.4. The number of nitrogens with one attached hydrogen (secondary N) is 1. The van der Waals surface area contributed by atoms with E-state index in [2.05, 4.69) is 5.43 Å². The second kappa shape index (κ2) is 9.36. The number of amides is 2. The number of nitrogens with zero attached hydrogens (tertiary/aromatic N) is 1. The van der Waals surface area contributed by atoms with E-state index in [1.165, 1.54) is 35.4 Å². The Labute approximate surface area is 198 Å². The van der Waals surface area contributed by atoms with Crippen LogP contribution in [0.3, 0.4) is 0 Å². The van der Waals surface area contributed by atoms with Crippen molar-refractivity contribution < 1.29 is 24.2 Å². The predicted octanol–water partition coefficient (Wildman–Crippen LogP) is 4.73. The molecule has 4 rings (SSSR count). The molecule has 0 spiro atoms. The number of carboxylic acids is 1. The number of carbonyl (C=O) groups is 3. The zero-order valence-corrected chi connectivity index (χ0v) is 18.4. The number of carboxylic acid groups (broad SMARTS) is 1. The lowest BCUT2D eigenvalue weighted by molar-refractivity contribution is -0.117. The maximum absolute atomic E-state index is 12.7. The van der Waals surface area contributed by atoms with Crippen LogP contribution in [0.2, 0.25) is 10.0 Å². The van der Waals surface area contributed by atoms with Crippen molar-refractivity contribution in [2.45, 2.75) is 6.61 Å². The van der Waals surface area contributed by atoms with Gasteiger partial charge in [0.15, 0.2) is 5.75 Å². The van der Waals surface area contributed by atoms with E-state index in [0.717, 1.165) is 5.56 Å². The van der Waals surface area contributed by atoms with Crippen LogP contribution in [-0.4, -0.2) is 22.9 Å². The largest absolute Gasteiger partial charge is 0.486 e. The summed E-state index contributed by atoms with van der Waals surface area (Å²) in [6.07, 6.45) is 1.41. The van der Waals surface area contributed by atoms with Crippen molar-refractivity contribution in [1.82, 2.24) is 5.43 Å². The molecule has 1 fully saturated rings. The van der Waals surface area contributed by atoms with E-state index in [1.54, 1.807) is 42.5 Å². The quantitative estimate of drug-likeness (QED) is 0.391. The number of hydrogen-bond acceptors (Lipinski definition) is 4. The summed E-state index contributed by atoms with van der Waals surface area (Å²) in [5, 5.41) is 10.5. The highest BCUT2D eigenvalue weighted by atomic mass is 35.5. The van der Waals surface area contributed by atoms with Gasteiger partial charge in [-0.3, -0.25) is 15.0 Å². The minimum Gasteiger partial charge on any atom is -0.486 e. The van der Waals surface area contributed by atoms with Crippen LogP contribution in [0.25, 0.3) is 6.08 Å². The first-order chi connectivity index (χ1) is 15.8. The van der Waals surface area contributed by atoms with Crippen molar-refractivity contribution in [1.29, 1.82) is 0 Å². The molecule has 1 aliphatic heterocycles. The Kier molecular flexibility index (Phi) is 6.35. The van der Waals surface area contributed by atoms with Crippen molar-refractivity contribution in [2.75, 3.05) is 5.01 Å². The van der Waals surface area contributed by atoms with Crippen LogP contribution in [-0.2, 0) is 16.2 Å². The first-order valence-electron chi connectivity index (χ1n) is 9.70. The molecule has 2 amide bonds. The van der Waals surface area contributed by atoms with Crippen LogP contribution in [0.5, 0.6) is 5.75 Å². The summed E-state index contributed by atoms with van der Waals surface area (Å²) in [4.78, 5) is 36.0. The van der Waals surface area contributed by atoms with Crippen LogP contribution in [0, 0.1) is 0 Å². The average Bonchev–Trinajstić information content (AvgIpc) is 3.08. The molecule has 1 heterocycles. The summed E-state index contributed by atoms with van der Waals surface area (Å²) >= 11 is 12.7. The topological polar surface area (TPSA) is 95.9 Å². The molecule has 1 saturated heterocycles. The van der Waals surface area contributed by atoms with Gasteiger partial charge in [-0.1, -0.05) is 53.5 Å². The number of hydrogen-bond donors (Lipinski definition) is 2. The van der Waals surface area contributed by atoms with E-state index >= 15 is 0 Å². The number of aromatic carboxylic acids is 1. The van der Waals surface area contributed by atoms with Gasteiger partial charge >= 0.3 is 5.97 Å². The molecule has 0 aromatic heterocycles. The summed E-state index contributed by atoms with van der Waals surface area (Å²) in [7, 11) is 0. The van der Waals surface area contributed by atoms with Crippen molar-refractivity contribution in [2.24, 2.45) is 0 Å². The number of rotatable bonds is 6. The monoisotopic (exact) mass is 482 g/mol. The molecule has 0 bridgehead atoms. The molecule has 2 N–H and O–H groups in total. The third-order valence-electron chi connectivity index (χ3n) is 4.82. The summed E-state index contributed by atoms with van der Waals surface area (Å²) < 4.78 is 5.71. The second-order valence-electron chi connectivity index (χ2n) is 7.08. The molecule has 0 radical (unpaired) electrons. The number of hydrazine groups is 1. The van der Waals surface area contributed by atoms with E-state index in [-0.39, 0.29) is 33.5 Å². The molecule has 0 saturated carbocycles. The van der Waals surface area contributed by atoms with E-state index < -0.39 is 17.8 Å². The van der Waals surface area contributed by atoms with Crippen molar-refractivity contribution in [3.63, 3.8) is 0 Å². The molecule has 3 aromatic rings. The molecule has 9 heteroatoms. The van der Waals surface area contributed by atoms with E-state index in [0.29, 0.717) is 11.3 Å². The average molecular weight is 483 g/mol. The minimum atomic E-state index is -1.01. The van der Waals surface area contributed by atoms with E-state index in [4.69, 9.17) is 33.0 Å². The highest BCUT2D eigenvalue weighted by Crippen LogP contribution is 2.36. The molecular weight excluding hydrogens is 467 g/mol. The number of carbonyl (C=O) groups excluding carboxylic acids is 2. The van der Waals surface area contributed by atoms with Crippen molar-refractivity contribution in [3.05, 3.63) is 99.0 Å². The lowest BCUT2D eigenvalue weighted by Crippen LogP contribution is -2.35. The highest BCUT2D eigenvalue weighted by Gasteiger charge is 2.34. The fourth-order valence-corrected chi connectivity index (χ4v) is 3.80. The molecule has 0 unspecified atom stereocenters. The van der Waals surface area contributed by atoms with Gasteiger partial charge in [0.2, 0.25) is 0 Å². The van der Waals surface area contributed by atoms with Crippen LogP contribution < -0.4 is 15.2 Å². The Morgan fingerprint density at radius 2 is 1.64 bits per heavy atom. The summed E-state index contributed by atoms with van der Waals surface area (Å²) in [5.41, 5.74) is 4.36. The van der Waals surface area contributed by atoms with Gasteiger partial charge in [0.25, 0.3) is 11.8 Å². The van der Waals surface area contributed by atoms with Gasteiger partial charge in [-0.05, 0) is 53.6 Å². The third kappa shape index (κ3) is 4.84. The van der Waals surface area contributed by atoms with Crippen LogP contribution in [0.15, 0.2) is 72.3 Å². The van der Waals surface area contributed by atoms with E-state index in [9.17, 15) is 14.4 Å². The Bertz CT molecular complexity index is 1250. The van der Waals surface area contributed by atoms with Gasteiger partial charge < -0.3 is 9.84 Å². The van der Waals surface area contributed by atoms with Crippen LogP contribution in [0.1, 0.15) is 21.5 Å². The predicted molar refractivity (Wildman–Crippen MR) is 124 cm³/mol. The third-order valence-corrected chi connectivity index (χ3v) is 5.38. The lowest BCUT2D eigenvalue weighted by Gasteiger charge is -2.14. The normalized spacial score (nSPS) is 14.5. The number of anilines is 1. The van der Waals surface area contributed by atoms with Crippen molar-refractivity contribution >= 4 is 52.7 Å². The van der Waals surface area contributed by atoms with Gasteiger partial charge in [0.05, 0.1) is 21.3 Å². The lowest BCUT2D eigenvalue weighted by atomic mass is 10.1. The Morgan fingerprint density at radius 3 is 2.24 bits per heavy atom. The molecule has 0 aliphatic carbocycles. The Morgan fingerprint density at radius 1 is 1.00 bits per heavy atom. The second-order valence-corrected chi connectivity index (χ2v) is 7.89.